The van der Waals surface area contributed by atoms with Crippen LogP contribution in [0.5, 0.6) is 5.75 Å². The molecule has 1 N–H and O–H groups in total. The molecule has 0 aliphatic rings. The largest absolute Gasteiger partial charge is 0.463 e. The summed E-state index contributed by atoms with van der Waals surface area (Å²) in [5.41, 5.74) is -0.797. The number of carbonyl (C=O) groups excluding carboxylic acids is 4. The Morgan fingerprint density at radius 2 is 1.16 bits per heavy atom. The lowest BCUT2D eigenvalue weighted by Crippen LogP contribution is -2.44. The Hall–Kier alpha value is -3.90. The van der Waals surface area contributed by atoms with Crippen molar-refractivity contribution in [3.63, 3.8) is 0 Å². The van der Waals surface area contributed by atoms with Gasteiger partial charge in [0.1, 0.15) is 30.6 Å². The van der Waals surface area contributed by atoms with Gasteiger partial charge in [-0.3, -0.25) is 19.7 Å². The number of hydrogen-bond donors (Lipinski definition) is 1. The fourth-order valence-corrected chi connectivity index (χ4v) is 3.58. The highest BCUT2D eigenvalue weighted by molar-refractivity contribution is 5.81. The molecule has 1 unspecified atom stereocenters. The molecule has 0 aliphatic heterocycles. The Bertz CT molecular complexity index is 1110. The molecule has 0 aromatic heterocycles. The number of carbonyl (C=O) groups is 4. The lowest BCUT2D eigenvalue weighted by Gasteiger charge is -2.22. The van der Waals surface area contributed by atoms with Gasteiger partial charge in [-0.25, -0.2) is 9.59 Å². The number of nitrogens with one attached hydrogen (secondary N) is 1. The van der Waals surface area contributed by atoms with Gasteiger partial charge in [-0.2, -0.15) is 0 Å². The van der Waals surface area contributed by atoms with Gasteiger partial charge in [0.05, 0.1) is 83.8 Å². The van der Waals surface area contributed by atoms with Gasteiger partial charge in [-0.15, -0.1) is 0 Å². The van der Waals surface area contributed by atoms with Crippen LogP contribution >= 0.6 is 0 Å². The summed E-state index contributed by atoms with van der Waals surface area (Å²) in [6, 6.07) is 4.23. The van der Waals surface area contributed by atoms with Crippen LogP contribution in [0.1, 0.15) is 53.4 Å². The zero-order chi connectivity index (χ0) is 36.3. The Morgan fingerprint density at radius 3 is 1.61 bits per heavy atom. The molecule has 0 spiro atoms. The van der Waals surface area contributed by atoms with Crippen LogP contribution in [-0.4, -0.2) is 120 Å². The summed E-state index contributed by atoms with van der Waals surface area (Å²) >= 11 is 0. The van der Waals surface area contributed by atoms with Gasteiger partial charge in [-0.05, 0) is 39.3 Å². The molecule has 0 bridgehead atoms. The summed E-state index contributed by atoms with van der Waals surface area (Å²) in [4.78, 5) is 57.9. The molecule has 49 heavy (non-hydrogen) atoms. The lowest BCUT2D eigenvalue weighted by atomic mass is 10.1. The van der Waals surface area contributed by atoms with Crippen LogP contribution in [0, 0.1) is 10.1 Å². The van der Waals surface area contributed by atoms with E-state index in [0.29, 0.717) is 65.7 Å². The van der Waals surface area contributed by atoms with E-state index in [-0.39, 0.29) is 50.7 Å². The van der Waals surface area contributed by atoms with E-state index in [1.807, 2.05) is 6.92 Å². The molecule has 0 radical (unpaired) electrons. The minimum atomic E-state index is -0.786. The van der Waals surface area contributed by atoms with E-state index in [2.05, 4.69) is 5.32 Å². The summed E-state index contributed by atoms with van der Waals surface area (Å²) in [7, 11) is 0. The molecule has 278 valence electrons. The monoisotopic (exact) mass is 702 g/mol. The third-order valence-corrected chi connectivity index (χ3v) is 5.82. The zero-order valence-corrected chi connectivity index (χ0v) is 28.8. The molecule has 0 fully saturated rings. The third-order valence-electron chi connectivity index (χ3n) is 5.82. The molecule has 17 nitrogen and oxygen atoms in total. The van der Waals surface area contributed by atoms with Gasteiger partial charge >= 0.3 is 24.0 Å². The van der Waals surface area contributed by atoms with Crippen LogP contribution in [0.25, 0.3) is 0 Å². The van der Waals surface area contributed by atoms with E-state index in [4.69, 9.17) is 42.6 Å². The van der Waals surface area contributed by atoms with Crippen molar-refractivity contribution in [2.75, 3.05) is 79.3 Å². The van der Waals surface area contributed by atoms with E-state index >= 15 is 0 Å². The minimum Gasteiger partial charge on any atom is -0.463 e. The summed E-state index contributed by atoms with van der Waals surface area (Å²) in [5, 5.41) is 13.2. The van der Waals surface area contributed by atoms with Crippen LogP contribution in [-0.2, 0) is 52.3 Å². The van der Waals surface area contributed by atoms with E-state index in [1.54, 1.807) is 20.8 Å². The SMILES string of the molecule is CCCC(NC(=O)OC(C)(C)C)C(=O)OCCOCCOCCOCCOCCOCCOC(=O)CCC(=O)Oc1ccc([N+](=O)[O-])cc1. The van der Waals surface area contributed by atoms with Crippen molar-refractivity contribution in [3.8, 4) is 5.75 Å². The lowest BCUT2D eigenvalue weighted by molar-refractivity contribution is -0.384. The van der Waals surface area contributed by atoms with Crippen molar-refractivity contribution >= 4 is 29.7 Å². The maximum absolute atomic E-state index is 12.3. The minimum absolute atomic E-state index is 0.0202. The van der Waals surface area contributed by atoms with Crippen LogP contribution in [0.3, 0.4) is 0 Å². The molecule has 0 saturated carbocycles. The number of ether oxygens (including phenoxy) is 9. The zero-order valence-electron chi connectivity index (χ0n) is 28.8. The Balaban J connectivity index is 1.89. The molecule has 1 aromatic rings. The highest BCUT2D eigenvalue weighted by Gasteiger charge is 2.24. The number of alkyl carbamates (subject to hydrolysis) is 1. The van der Waals surface area contributed by atoms with Gasteiger partial charge in [-0.1, -0.05) is 13.3 Å². The highest BCUT2D eigenvalue weighted by Crippen LogP contribution is 2.18. The van der Waals surface area contributed by atoms with E-state index in [1.165, 1.54) is 24.3 Å². The average molecular weight is 703 g/mol. The normalized spacial score (nSPS) is 11.8. The predicted molar refractivity (Wildman–Crippen MR) is 172 cm³/mol. The smallest absolute Gasteiger partial charge is 0.408 e. The molecule has 1 aromatic carbocycles. The molecule has 1 amide bonds. The van der Waals surface area contributed by atoms with Gasteiger partial charge in [0.2, 0.25) is 0 Å². The van der Waals surface area contributed by atoms with Crippen molar-refractivity contribution in [2.45, 2.75) is 65.0 Å². The van der Waals surface area contributed by atoms with Gasteiger partial charge in [0.15, 0.2) is 0 Å². The van der Waals surface area contributed by atoms with Crippen LogP contribution in [0.4, 0.5) is 10.5 Å². The molecule has 0 heterocycles. The Kier molecular flexibility index (Phi) is 22.9. The molecule has 0 aliphatic carbocycles. The number of rotatable bonds is 27. The molecule has 1 atom stereocenters. The molecule has 17 heteroatoms. The maximum atomic E-state index is 12.3. The Morgan fingerprint density at radius 1 is 0.714 bits per heavy atom. The second kappa shape index (κ2) is 26.0. The molecule has 1 rings (SSSR count). The van der Waals surface area contributed by atoms with Crippen molar-refractivity contribution in [1.29, 1.82) is 0 Å². The van der Waals surface area contributed by atoms with Crippen LogP contribution in [0.15, 0.2) is 24.3 Å². The van der Waals surface area contributed by atoms with E-state index < -0.39 is 40.6 Å². The van der Waals surface area contributed by atoms with Gasteiger partial charge in [0, 0.05) is 12.1 Å². The number of nitro benzene ring substituents is 1. The number of hydrogen-bond acceptors (Lipinski definition) is 15. The van der Waals surface area contributed by atoms with Crippen molar-refractivity contribution < 1.29 is 66.7 Å². The number of nitro groups is 1. The number of non-ortho nitro benzene ring substituents is 1. The molecule has 0 saturated heterocycles. The second-order valence-corrected chi connectivity index (χ2v) is 11.2. The van der Waals surface area contributed by atoms with Crippen molar-refractivity contribution in [1.82, 2.24) is 5.32 Å². The fourth-order valence-electron chi connectivity index (χ4n) is 3.58. The first-order valence-corrected chi connectivity index (χ1v) is 16.1. The van der Waals surface area contributed by atoms with Crippen molar-refractivity contribution in [2.24, 2.45) is 0 Å². The standard InChI is InChI=1S/C32H50N2O15/c1-5-6-27(33-31(38)49-32(2,3)4)30(37)47-24-22-45-20-18-43-16-14-41-13-15-42-17-19-44-21-23-46-28(35)11-12-29(36)48-26-9-7-25(8-10-26)34(39)40/h7-10,27H,5-6,11-24H2,1-4H3,(H,33,38). The number of amides is 1. The molecular weight excluding hydrogens is 652 g/mol. The first-order chi connectivity index (χ1) is 23.4. The average Bonchev–Trinajstić information content (AvgIpc) is 3.04. The van der Waals surface area contributed by atoms with Crippen molar-refractivity contribution in [3.05, 3.63) is 34.4 Å². The van der Waals surface area contributed by atoms with E-state index in [9.17, 15) is 29.3 Å². The van der Waals surface area contributed by atoms with Gasteiger partial charge in [0.25, 0.3) is 5.69 Å². The Labute approximate surface area is 286 Å². The number of benzene rings is 1. The predicted octanol–water partition coefficient (Wildman–Crippen LogP) is 3.14. The highest BCUT2D eigenvalue weighted by atomic mass is 16.6. The van der Waals surface area contributed by atoms with Gasteiger partial charge < -0.3 is 47.9 Å². The fraction of sp³-hybridized carbons (Fsp3) is 0.688. The first kappa shape index (κ1) is 43.1. The van der Waals surface area contributed by atoms with Crippen LogP contribution in [0.2, 0.25) is 0 Å². The topological polar surface area (TPSA) is 207 Å². The van der Waals surface area contributed by atoms with Crippen LogP contribution < -0.4 is 10.1 Å². The summed E-state index contributed by atoms with van der Waals surface area (Å²) in [6.45, 7) is 10.3. The number of esters is 3. The maximum Gasteiger partial charge on any atom is 0.408 e. The quantitative estimate of drug-likeness (QED) is 0.0349. The first-order valence-electron chi connectivity index (χ1n) is 16.1. The second-order valence-electron chi connectivity index (χ2n) is 11.2. The third kappa shape index (κ3) is 24.0. The number of nitrogens with zero attached hydrogens (tertiary/aromatic N) is 1. The van der Waals surface area contributed by atoms with E-state index in [0.717, 1.165) is 0 Å². The summed E-state index contributed by atoms with van der Waals surface area (Å²) in [6.07, 6.45) is 0.0651. The summed E-state index contributed by atoms with van der Waals surface area (Å²) in [5.74, 6) is -1.65. The summed E-state index contributed by atoms with van der Waals surface area (Å²) < 4.78 is 47.3. The molecular formula is C32H50N2O15.